The second-order valence-electron chi connectivity index (χ2n) is 3.64. The minimum Gasteiger partial charge on any atom is -0.465 e. The lowest BCUT2D eigenvalue weighted by molar-refractivity contribution is -0.148. The molecular weight excluding hydrogens is 210 g/mol. The molecule has 1 rings (SSSR count). The summed E-state index contributed by atoms with van der Waals surface area (Å²) in [7, 11) is 0. The molecule has 1 aromatic heterocycles. The summed E-state index contributed by atoms with van der Waals surface area (Å²) in [5, 5.41) is 2.02. The Morgan fingerprint density at radius 2 is 2.33 bits per heavy atom. The second-order valence-corrected chi connectivity index (χ2v) is 4.68. The Kier molecular flexibility index (Phi) is 4.78. The predicted octanol–water partition coefficient (Wildman–Crippen LogP) is 1.82. The van der Waals surface area contributed by atoms with Gasteiger partial charge in [-0.05, 0) is 18.4 Å². The molecule has 0 saturated heterocycles. The second kappa shape index (κ2) is 5.88. The highest BCUT2D eigenvalue weighted by atomic mass is 32.1. The first-order valence-corrected chi connectivity index (χ1v) is 5.94. The van der Waals surface area contributed by atoms with Crippen LogP contribution in [-0.2, 0) is 16.0 Å². The third-order valence-electron chi connectivity index (χ3n) is 2.33. The van der Waals surface area contributed by atoms with Crippen LogP contribution in [0.4, 0.5) is 0 Å². The zero-order valence-corrected chi connectivity index (χ0v) is 9.92. The third kappa shape index (κ3) is 4.01. The molecule has 15 heavy (non-hydrogen) atoms. The molecule has 2 unspecified atom stereocenters. The first-order valence-electron chi connectivity index (χ1n) is 5.06. The van der Waals surface area contributed by atoms with E-state index in [1.807, 2.05) is 24.4 Å². The molecule has 0 aliphatic heterocycles. The molecule has 0 saturated carbocycles. The number of esters is 1. The minimum absolute atomic E-state index is 0.153. The normalized spacial score (nSPS) is 14.6. The van der Waals surface area contributed by atoms with Crippen molar-refractivity contribution >= 4 is 17.3 Å². The number of carbonyl (C=O) groups is 1. The molecule has 0 radical (unpaired) electrons. The summed E-state index contributed by atoms with van der Waals surface area (Å²) in [6, 6.07) is 3.87. The largest absolute Gasteiger partial charge is 0.465 e. The fourth-order valence-electron chi connectivity index (χ4n) is 1.05. The fourth-order valence-corrected chi connectivity index (χ4v) is 1.74. The van der Waals surface area contributed by atoms with Crippen molar-refractivity contribution in [3.8, 4) is 0 Å². The average molecular weight is 227 g/mol. The summed E-state index contributed by atoms with van der Waals surface area (Å²) in [5.74, 6) is -0.435. The number of carbonyl (C=O) groups excluding carboxylic acids is 1. The summed E-state index contributed by atoms with van der Waals surface area (Å²) in [5.41, 5.74) is 5.60. The SMILES string of the molecule is CC(N)C(C)C(=O)OCCc1cccs1. The van der Waals surface area contributed by atoms with Crippen molar-refractivity contribution < 1.29 is 9.53 Å². The van der Waals surface area contributed by atoms with E-state index in [1.165, 1.54) is 4.88 Å². The van der Waals surface area contributed by atoms with Crippen LogP contribution in [0, 0.1) is 5.92 Å². The number of rotatable bonds is 5. The third-order valence-corrected chi connectivity index (χ3v) is 3.27. The molecule has 0 amide bonds. The van der Waals surface area contributed by atoms with E-state index in [4.69, 9.17) is 10.5 Å². The lowest BCUT2D eigenvalue weighted by Crippen LogP contribution is -2.32. The van der Waals surface area contributed by atoms with Gasteiger partial charge in [-0.15, -0.1) is 11.3 Å². The molecular formula is C11H17NO2S. The molecule has 1 aromatic rings. The minimum atomic E-state index is -0.228. The van der Waals surface area contributed by atoms with Crippen LogP contribution in [0.5, 0.6) is 0 Å². The quantitative estimate of drug-likeness (QED) is 0.781. The van der Waals surface area contributed by atoms with Crippen LogP contribution in [0.1, 0.15) is 18.7 Å². The van der Waals surface area contributed by atoms with Gasteiger partial charge >= 0.3 is 5.97 Å². The van der Waals surface area contributed by atoms with E-state index < -0.39 is 0 Å². The number of nitrogens with two attached hydrogens (primary N) is 1. The molecule has 84 valence electrons. The molecule has 0 fully saturated rings. The summed E-state index contributed by atoms with van der Waals surface area (Å²) >= 11 is 1.67. The summed E-state index contributed by atoms with van der Waals surface area (Å²) in [6.07, 6.45) is 0.787. The van der Waals surface area contributed by atoms with Gasteiger partial charge in [0.2, 0.25) is 0 Å². The Morgan fingerprint density at radius 3 is 2.87 bits per heavy atom. The first-order chi connectivity index (χ1) is 7.11. The van der Waals surface area contributed by atoms with E-state index >= 15 is 0 Å². The lowest BCUT2D eigenvalue weighted by Gasteiger charge is -2.14. The van der Waals surface area contributed by atoms with Crippen LogP contribution in [-0.4, -0.2) is 18.6 Å². The number of ether oxygens (including phenoxy) is 1. The van der Waals surface area contributed by atoms with Crippen molar-refractivity contribution in [3.05, 3.63) is 22.4 Å². The van der Waals surface area contributed by atoms with Gasteiger partial charge in [-0.1, -0.05) is 13.0 Å². The number of hydrogen-bond donors (Lipinski definition) is 1. The monoisotopic (exact) mass is 227 g/mol. The molecule has 1 heterocycles. The maximum absolute atomic E-state index is 11.4. The fraction of sp³-hybridized carbons (Fsp3) is 0.545. The maximum Gasteiger partial charge on any atom is 0.310 e. The van der Waals surface area contributed by atoms with Crippen LogP contribution in [0.2, 0.25) is 0 Å². The van der Waals surface area contributed by atoms with Gasteiger partial charge in [-0.2, -0.15) is 0 Å². The van der Waals surface area contributed by atoms with Gasteiger partial charge in [0.05, 0.1) is 12.5 Å². The van der Waals surface area contributed by atoms with Crippen LogP contribution in [0.3, 0.4) is 0 Å². The number of hydrogen-bond acceptors (Lipinski definition) is 4. The molecule has 2 N–H and O–H groups in total. The van der Waals surface area contributed by atoms with Gasteiger partial charge in [0.1, 0.15) is 0 Å². The van der Waals surface area contributed by atoms with Crippen molar-refractivity contribution in [2.45, 2.75) is 26.3 Å². The van der Waals surface area contributed by atoms with Gasteiger partial charge in [0, 0.05) is 17.3 Å². The zero-order chi connectivity index (χ0) is 11.3. The Bertz CT molecular complexity index is 296. The van der Waals surface area contributed by atoms with Crippen molar-refractivity contribution in [2.75, 3.05) is 6.61 Å². The maximum atomic E-state index is 11.4. The van der Waals surface area contributed by atoms with Gasteiger partial charge < -0.3 is 10.5 Å². The molecule has 3 nitrogen and oxygen atoms in total. The summed E-state index contributed by atoms with van der Waals surface area (Å²) < 4.78 is 5.13. The van der Waals surface area contributed by atoms with Gasteiger partial charge in [0.15, 0.2) is 0 Å². The Labute approximate surface area is 94.2 Å². The van der Waals surface area contributed by atoms with Gasteiger partial charge in [0.25, 0.3) is 0 Å². The molecule has 0 aliphatic carbocycles. The molecule has 0 bridgehead atoms. The molecule has 2 atom stereocenters. The Hall–Kier alpha value is -0.870. The molecule has 0 aliphatic rings. The smallest absolute Gasteiger partial charge is 0.310 e. The summed E-state index contributed by atoms with van der Waals surface area (Å²) in [4.78, 5) is 12.6. The predicted molar refractivity (Wildman–Crippen MR) is 61.8 cm³/mol. The topological polar surface area (TPSA) is 52.3 Å². The lowest BCUT2D eigenvalue weighted by atomic mass is 10.1. The van der Waals surface area contributed by atoms with Crippen molar-refractivity contribution in [1.82, 2.24) is 0 Å². The van der Waals surface area contributed by atoms with Crippen LogP contribution in [0.25, 0.3) is 0 Å². The number of thiophene rings is 1. The van der Waals surface area contributed by atoms with E-state index in [0.29, 0.717) is 6.61 Å². The Morgan fingerprint density at radius 1 is 1.60 bits per heavy atom. The van der Waals surface area contributed by atoms with Crippen molar-refractivity contribution in [3.63, 3.8) is 0 Å². The molecule has 4 heteroatoms. The van der Waals surface area contributed by atoms with Crippen molar-refractivity contribution in [1.29, 1.82) is 0 Å². The standard InChI is InChI=1S/C11H17NO2S/c1-8(9(2)12)11(13)14-6-5-10-4-3-7-15-10/h3-4,7-9H,5-6,12H2,1-2H3. The van der Waals surface area contributed by atoms with E-state index in [1.54, 1.807) is 18.3 Å². The first kappa shape index (κ1) is 12.2. The van der Waals surface area contributed by atoms with Crippen LogP contribution in [0.15, 0.2) is 17.5 Å². The van der Waals surface area contributed by atoms with E-state index in [-0.39, 0.29) is 17.9 Å². The highest BCUT2D eigenvalue weighted by molar-refractivity contribution is 7.09. The van der Waals surface area contributed by atoms with E-state index in [9.17, 15) is 4.79 Å². The van der Waals surface area contributed by atoms with Gasteiger partial charge in [-0.3, -0.25) is 4.79 Å². The van der Waals surface area contributed by atoms with Crippen LogP contribution >= 0.6 is 11.3 Å². The molecule has 0 aromatic carbocycles. The van der Waals surface area contributed by atoms with E-state index in [0.717, 1.165) is 6.42 Å². The zero-order valence-electron chi connectivity index (χ0n) is 9.10. The van der Waals surface area contributed by atoms with E-state index in [2.05, 4.69) is 0 Å². The van der Waals surface area contributed by atoms with Crippen LogP contribution < -0.4 is 5.73 Å². The van der Waals surface area contributed by atoms with Crippen molar-refractivity contribution in [2.24, 2.45) is 11.7 Å². The highest BCUT2D eigenvalue weighted by Gasteiger charge is 2.18. The van der Waals surface area contributed by atoms with Gasteiger partial charge in [-0.25, -0.2) is 0 Å². The summed E-state index contributed by atoms with van der Waals surface area (Å²) in [6.45, 7) is 4.04. The Balaban J connectivity index is 2.23. The molecule has 0 spiro atoms. The highest BCUT2D eigenvalue weighted by Crippen LogP contribution is 2.10. The average Bonchev–Trinajstić information content (AvgIpc) is 2.69.